The van der Waals surface area contributed by atoms with Crippen LogP contribution < -0.4 is 43.1 Å². The van der Waals surface area contributed by atoms with Crippen molar-refractivity contribution in [1.82, 2.24) is 36.5 Å². The minimum atomic E-state index is -1.30. The highest BCUT2D eigenvalue weighted by Gasteiger charge is 2.34. The lowest BCUT2D eigenvalue weighted by Gasteiger charge is -2.32. The summed E-state index contributed by atoms with van der Waals surface area (Å²) in [5, 5.41) is 29.2. The Morgan fingerprint density at radius 1 is 0.913 bits per heavy atom. The molecular formula is C47H60N12O10. The second-order valence-electron chi connectivity index (χ2n) is 16.6. The van der Waals surface area contributed by atoms with Crippen LogP contribution in [-0.4, -0.2) is 125 Å². The Hall–Kier alpha value is -8.04. The maximum Gasteiger partial charge on any atom is 0.335 e. The first-order valence-corrected chi connectivity index (χ1v) is 22.4. The van der Waals surface area contributed by atoms with Gasteiger partial charge in [0.05, 0.1) is 30.2 Å². The smallest absolute Gasteiger partial charge is 0.335 e. The zero-order valence-electron chi connectivity index (χ0n) is 39.0. The predicted molar refractivity (Wildman–Crippen MR) is 256 cm³/mol. The number of likely N-dealkylation sites (N-methyl/N-ethyl adjacent to an activating group) is 1. The zero-order chi connectivity index (χ0) is 50.5. The molecule has 4 rings (SSSR count). The number of amides is 7. The van der Waals surface area contributed by atoms with Crippen molar-refractivity contribution in [3.8, 4) is 0 Å². The number of ketones is 1. The Bertz CT molecular complexity index is 2390. The number of carbonyl (C=O) groups is 9. The number of Topliss-reactive ketones (excluding diaryl/α,β-unsaturated/α-hetero) is 1. The van der Waals surface area contributed by atoms with Gasteiger partial charge in [-0.1, -0.05) is 32.4 Å². The number of nitrogens with two attached hydrogens (primary N) is 1. The Morgan fingerprint density at radius 2 is 1.64 bits per heavy atom. The minimum Gasteiger partial charge on any atom is -0.478 e. The van der Waals surface area contributed by atoms with Crippen molar-refractivity contribution in [1.29, 1.82) is 0 Å². The van der Waals surface area contributed by atoms with Gasteiger partial charge in [0.2, 0.25) is 29.5 Å². The molecule has 22 heteroatoms. The second-order valence-corrected chi connectivity index (χ2v) is 16.6. The number of benzene rings is 2. The topological polar surface area (TPSA) is 325 Å². The molecule has 0 aliphatic carbocycles. The largest absolute Gasteiger partial charge is 0.478 e. The van der Waals surface area contributed by atoms with E-state index in [4.69, 9.17) is 10.8 Å². The zero-order valence-corrected chi connectivity index (χ0v) is 39.0. The van der Waals surface area contributed by atoms with Gasteiger partial charge >= 0.3 is 5.97 Å². The van der Waals surface area contributed by atoms with Crippen LogP contribution in [-0.2, 0) is 35.3 Å². The van der Waals surface area contributed by atoms with Gasteiger partial charge in [-0.05, 0) is 92.1 Å². The van der Waals surface area contributed by atoms with Crippen LogP contribution in [0.15, 0.2) is 70.9 Å². The third-order valence-corrected chi connectivity index (χ3v) is 10.7. The molecule has 69 heavy (non-hydrogen) atoms. The van der Waals surface area contributed by atoms with Gasteiger partial charge in [0, 0.05) is 57.0 Å². The number of anilines is 2. The molecule has 0 saturated carbocycles. The molecular weight excluding hydrogens is 893 g/mol. The summed E-state index contributed by atoms with van der Waals surface area (Å²) in [6, 6.07) is 10.3. The van der Waals surface area contributed by atoms with Gasteiger partial charge in [0.25, 0.3) is 11.8 Å². The van der Waals surface area contributed by atoms with Crippen LogP contribution in [0.5, 0.6) is 0 Å². The lowest BCUT2D eigenvalue weighted by atomic mass is 9.99. The normalized spacial score (nSPS) is 17.3. The summed E-state index contributed by atoms with van der Waals surface area (Å²) < 4.78 is 0. The van der Waals surface area contributed by atoms with Crippen molar-refractivity contribution in [3.05, 3.63) is 88.6 Å². The fourth-order valence-electron chi connectivity index (χ4n) is 6.99. The molecule has 0 saturated heterocycles. The van der Waals surface area contributed by atoms with Crippen LogP contribution >= 0.6 is 0 Å². The van der Waals surface area contributed by atoms with E-state index in [2.05, 4.69) is 52.4 Å². The number of aliphatic imine (C=N–C) groups is 1. The van der Waals surface area contributed by atoms with Crippen molar-refractivity contribution >= 4 is 77.2 Å². The summed E-state index contributed by atoms with van der Waals surface area (Å²) in [7, 11) is 1.42. The van der Waals surface area contributed by atoms with Crippen molar-refractivity contribution in [2.75, 3.05) is 37.4 Å². The molecule has 0 spiro atoms. The van der Waals surface area contributed by atoms with Crippen LogP contribution in [0.1, 0.15) is 108 Å². The average Bonchev–Trinajstić information content (AvgIpc) is 3.31. The number of carboxylic acids is 1. The fraction of sp³-hybridized carbons (Fsp3) is 0.404. The van der Waals surface area contributed by atoms with Crippen molar-refractivity contribution < 1.29 is 48.3 Å². The monoisotopic (exact) mass is 952 g/mol. The van der Waals surface area contributed by atoms with E-state index in [1.807, 2.05) is 0 Å². The lowest BCUT2D eigenvalue weighted by molar-refractivity contribution is -0.141. The number of aromatic carboxylic acids is 1. The molecule has 3 atom stereocenters. The Kier molecular flexibility index (Phi) is 20.9. The first-order valence-electron chi connectivity index (χ1n) is 22.4. The molecule has 22 nitrogen and oxygen atoms in total. The molecule has 7 amide bonds. The molecule has 3 aromatic rings. The summed E-state index contributed by atoms with van der Waals surface area (Å²) in [5.74, 6) is -5.55. The first-order chi connectivity index (χ1) is 32.9. The van der Waals surface area contributed by atoms with E-state index < -0.39 is 71.9 Å². The SMILES string of the molecule is CC(=O)C[C@@H]1NC(=O)CNC(=O)[C@H](CCCN=CN)N(C)C(=O)C(C(C)C)NC(=O)c2cc(cc(NC(=O)CCCCCNC(=O)c3ccc(N/N=C\c4ccc(C(=O)O)cc4)nc3)c2)CNC1=O. The molecule has 2 aromatic carbocycles. The number of carbonyl (C=O) groups excluding carboxylic acids is 8. The van der Waals surface area contributed by atoms with E-state index in [0.717, 1.165) is 6.34 Å². The Balaban J connectivity index is 1.39. The highest BCUT2D eigenvalue weighted by molar-refractivity contribution is 6.01. The molecule has 1 unspecified atom stereocenters. The van der Waals surface area contributed by atoms with Gasteiger partial charge in [0.1, 0.15) is 29.7 Å². The average molecular weight is 953 g/mol. The van der Waals surface area contributed by atoms with E-state index in [0.29, 0.717) is 54.7 Å². The molecule has 0 fully saturated rings. The maximum absolute atomic E-state index is 14.0. The van der Waals surface area contributed by atoms with E-state index in [1.165, 1.54) is 55.5 Å². The van der Waals surface area contributed by atoms with Crippen molar-refractivity contribution in [2.24, 2.45) is 21.7 Å². The molecule has 1 aromatic heterocycles. The van der Waals surface area contributed by atoms with Gasteiger partial charge in [-0.2, -0.15) is 5.10 Å². The number of fused-ring (bicyclic) bond motifs is 2. The first kappa shape index (κ1) is 53.6. The number of hydrogen-bond donors (Lipinski definition) is 9. The summed E-state index contributed by atoms with van der Waals surface area (Å²) in [6.45, 7) is 4.57. The summed E-state index contributed by atoms with van der Waals surface area (Å²) in [6.07, 6.45) is 5.86. The van der Waals surface area contributed by atoms with Gasteiger partial charge in [0.15, 0.2) is 0 Å². The van der Waals surface area contributed by atoms with Crippen LogP contribution in [0.25, 0.3) is 0 Å². The van der Waals surface area contributed by atoms with Gasteiger partial charge in [-0.15, -0.1) is 0 Å². The molecule has 1 aliphatic rings. The van der Waals surface area contributed by atoms with Crippen molar-refractivity contribution in [3.63, 3.8) is 0 Å². The number of pyridine rings is 1. The standard InChI is InChI=1S/C47H60N12O10/c1-28(2)41-46(67)59(4)37(9-8-17-49-27-48)45(66)53-26-40(62)56-36(19-29(3)60)44(65)52-23-31-20-34(43(64)57-41)22-35(21-31)55-39(61)10-6-5-7-18-50-42(63)33-15-16-38(51-25-33)58-54-24-30-11-13-32(14-12-30)47(68)69/h11-16,20-22,24-25,27-28,36-37,41H,5-10,17-19,23,26H2,1-4H3,(H2,48,49)(H,50,63)(H,51,58)(H,52,65)(H,53,66)(H,55,61)(H,56,62)(H,57,64)(H,68,69)/b54-24-/t36-,37-,41?/m0/s1. The van der Waals surface area contributed by atoms with Gasteiger partial charge in [-0.25, -0.2) is 9.78 Å². The van der Waals surface area contributed by atoms with Gasteiger partial charge in [-0.3, -0.25) is 48.8 Å². The fourth-order valence-corrected chi connectivity index (χ4v) is 6.99. The summed E-state index contributed by atoms with van der Waals surface area (Å²) in [5.41, 5.74) is 9.93. The Labute approximate surface area is 399 Å². The molecule has 0 radical (unpaired) electrons. The summed E-state index contributed by atoms with van der Waals surface area (Å²) in [4.78, 5) is 126. The number of rotatable bonds is 19. The van der Waals surface area contributed by atoms with Crippen LogP contribution in [0.4, 0.5) is 11.5 Å². The van der Waals surface area contributed by atoms with Crippen LogP contribution in [0.2, 0.25) is 0 Å². The lowest BCUT2D eigenvalue weighted by Crippen LogP contribution is -2.57. The molecule has 2 heterocycles. The quantitative estimate of drug-likeness (QED) is 0.0358. The second kappa shape index (κ2) is 26.9. The number of nitrogens with zero attached hydrogens (tertiary/aromatic N) is 4. The number of hydrogen-bond acceptors (Lipinski definition) is 13. The van der Waals surface area contributed by atoms with Gasteiger partial charge < -0.3 is 47.6 Å². The number of carboxylic acid groups (broad SMARTS) is 1. The summed E-state index contributed by atoms with van der Waals surface area (Å²) >= 11 is 0. The Morgan fingerprint density at radius 3 is 2.30 bits per heavy atom. The van der Waals surface area contributed by atoms with Crippen LogP contribution in [0, 0.1) is 5.92 Å². The number of hydrazone groups is 1. The third kappa shape index (κ3) is 17.6. The van der Waals surface area contributed by atoms with Crippen LogP contribution in [0.3, 0.4) is 0 Å². The number of nitrogens with one attached hydrogen (secondary N) is 7. The van der Waals surface area contributed by atoms with E-state index in [1.54, 1.807) is 44.2 Å². The molecule has 1 aliphatic heterocycles. The maximum atomic E-state index is 14.0. The highest BCUT2D eigenvalue weighted by atomic mass is 16.4. The van der Waals surface area contributed by atoms with Crippen molar-refractivity contribution in [2.45, 2.75) is 90.4 Å². The highest BCUT2D eigenvalue weighted by Crippen LogP contribution is 2.19. The minimum absolute atomic E-state index is 0.0502. The third-order valence-electron chi connectivity index (χ3n) is 10.7. The predicted octanol–water partition coefficient (Wildman–Crippen LogP) is 1.71. The molecule has 368 valence electrons. The number of aromatic nitrogens is 1. The molecule has 2 bridgehead atoms. The molecule has 10 N–H and O–H groups in total. The number of unbranched alkanes of at least 4 members (excludes halogenated alkanes) is 2. The van der Waals surface area contributed by atoms with E-state index >= 15 is 0 Å². The van der Waals surface area contributed by atoms with E-state index in [-0.39, 0.29) is 61.0 Å². The van der Waals surface area contributed by atoms with E-state index in [9.17, 15) is 43.2 Å².